The van der Waals surface area contributed by atoms with Crippen LogP contribution in [0, 0.1) is 10.1 Å². The number of hydrogen-bond donors (Lipinski definition) is 1. The second-order valence-corrected chi connectivity index (χ2v) is 5.19. The number of nitro groups is 1. The Kier molecular flexibility index (Phi) is 5.46. The van der Waals surface area contributed by atoms with Crippen molar-refractivity contribution in [3.8, 4) is 0 Å². The van der Waals surface area contributed by atoms with Gasteiger partial charge in [-0.15, -0.1) is 0 Å². The molecule has 110 valence electrons. The minimum absolute atomic E-state index is 0.143. The topological polar surface area (TPSA) is 55.2 Å². The van der Waals surface area contributed by atoms with E-state index in [1.807, 2.05) is 18.2 Å². The van der Waals surface area contributed by atoms with E-state index in [1.54, 1.807) is 12.1 Å². The van der Waals surface area contributed by atoms with E-state index in [2.05, 4.69) is 36.5 Å². The van der Waals surface area contributed by atoms with Crippen LogP contribution in [0.1, 0.15) is 24.0 Å². The molecule has 2 aromatic rings. The molecule has 0 aliphatic carbocycles. The zero-order valence-electron chi connectivity index (χ0n) is 12.2. The van der Waals surface area contributed by atoms with Crippen LogP contribution < -0.4 is 5.32 Å². The molecule has 0 amide bonds. The van der Waals surface area contributed by atoms with Crippen LogP contribution in [-0.4, -0.2) is 18.0 Å². The van der Waals surface area contributed by atoms with Crippen LogP contribution in [0.2, 0.25) is 0 Å². The number of nitro benzene ring substituents is 1. The fourth-order valence-electron chi connectivity index (χ4n) is 2.24. The summed E-state index contributed by atoms with van der Waals surface area (Å²) < 4.78 is 0. The Balaban J connectivity index is 1.73. The van der Waals surface area contributed by atoms with Gasteiger partial charge >= 0.3 is 0 Å². The van der Waals surface area contributed by atoms with E-state index in [9.17, 15) is 10.1 Å². The Morgan fingerprint density at radius 2 is 1.76 bits per heavy atom. The molecule has 0 aliphatic heterocycles. The Morgan fingerprint density at radius 1 is 1.10 bits per heavy atom. The first-order valence-corrected chi connectivity index (χ1v) is 7.16. The summed E-state index contributed by atoms with van der Waals surface area (Å²) >= 11 is 0. The van der Waals surface area contributed by atoms with Gasteiger partial charge in [0.15, 0.2) is 0 Å². The van der Waals surface area contributed by atoms with Crippen LogP contribution in [-0.2, 0) is 6.42 Å². The van der Waals surface area contributed by atoms with Gasteiger partial charge in [-0.25, -0.2) is 0 Å². The van der Waals surface area contributed by atoms with E-state index in [4.69, 9.17) is 0 Å². The summed E-state index contributed by atoms with van der Waals surface area (Å²) in [5.74, 6) is 0.475. The third-order valence-corrected chi connectivity index (χ3v) is 3.56. The minimum Gasteiger partial charge on any atom is -0.316 e. The maximum atomic E-state index is 10.6. The summed E-state index contributed by atoms with van der Waals surface area (Å²) in [6.07, 6.45) is 0.875. The SMILES string of the molecule is CC(CNCCc1ccc([N+](=O)[O-])cc1)c1ccccc1. The third kappa shape index (κ3) is 4.68. The molecule has 2 aromatic carbocycles. The minimum atomic E-state index is -0.371. The maximum Gasteiger partial charge on any atom is 0.269 e. The van der Waals surface area contributed by atoms with Gasteiger partial charge in [-0.1, -0.05) is 49.4 Å². The third-order valence-electron chi connectivity index (χ3n) is 3.56. The number of benzene rings is 2. The van der Waals surface area contributed by atoms with E-state index in [-0.39, 0.29) is 10.6 Å². The van der Waals surface area contributed by atoms with E-state index in [0.29, 0.717) is 5.92 Å². The van der Waals surface area contributed by atoms with Crippen molar-refractivity contribution in [2.24, 2.45) is 0 Å². The molecule has 4 nitrogen and oxygen atoms in total. The van der Waals surface area contributed by atoms with Crippen LogP contribution >= 0.6 is 0 Å². The first-order chi connectivity index (χ1) is 10.2. The van der Waals surface area contributed by atoms with Crippen LogP contribution in [0.4, 0.5) is 5.69 Å². The highest BCUT2D eigenvalue weighted by Gasteiger charge is 2.05. The van der Waals surface area contributed by atoms with Crippen molar-refractivity contribution in [2.45, 2.75) is 19.3 Å². The van der Waals surface area contributed by atoms with Gasteiger partial charge in [0.05, 0.1) is 4.92 Å². The average Bonchev–Trinajstić information content (AvgIpc) is 2.52. The Morgan fingerprint density at radius 3 is 2.38 bits per heavy atom. The fraction of sp³-hybridized carbons (Fsp3) is 0.294. The average molecular weight is 284 g/mol. The van der Waals surface area contributed by atoms with Crippen molar-refractivity contribution >= 4 is 5.69 Å². The standard InChI is InChI=1S/C17H20N2O2/c1-14(16-5-3-2-4-6-16)13-18-12-11-15-7-9-17(10-8-15)19(20)21/h2-10,14,18H,11-13H2,1H3. The van der Waals surface area contributed by atoms with Crippen molar-refractivity contribution < 1.29 is 4.92 Å². The molecule has 0 bridgehead atoms. The Hall–Kier alpha value is -2.20. The zero-order valence-corrected chi connectivity index (χ0v) is 12.2. The van der Waals surface area contributed by atoms with E-state index < -0.39 is 0 Å². The number of hydrogen-bond acceptors (Lipinski definition) is 3. The molecule has 0 heterocycles. The smallest absolute Gasteiger partial charge is 0.269 e. The lowest BCUT2D eigenvalue weighted by Gasteiger charge is -2.13. The van der Waals surface area contributed by atoms with Crippen molar-refractivity contribution in [1.29, 1.82) is 0 Å². The lowest BCUT2D eigenvalue weighted by molar-refractivity contribution is -0.384. The molecule has 0 radical (unpaired) electrons. The first kappa shape index (κ1) is 15.2. The summed E-state index contributed by atoms with van der Waals surface area (Å²) in [4.78, 5) is 10.2. The number of non-ortho nitro benzene ring substituents is 1. The molecule has 0 spiro atoms. The van der Waals surface area contributed by atoms with Gasteiger partial charge in [0.2, 0.25) is 0 Å². The van der Waals surface area contributed by atoms with Gasteiger partial charge in [0, 0.05) is 18.7 Å². The lowest BCUT2D eigenvalue weighted by atomic mass is 10.0. The molecule has 0 aliphatic rings. The molecule has 1 atom stereocenters. The van der Waals surface area contributed by atoms with Gasteiger partial charge < -0.3 is 5.32 Å². The molecular formula is C17H20N2O2. The molecular weight excluding hydrogens is 264 g/mol. The van der Waals surface area contributed by atoms with E-state index in [0.717, 1.165) is 25.1 Å². The maximum absolute atomic E-state index is 10.6. The quantitative estimate of drug-likeness (QED) is 0.481. The zero-order chi connectivity index (χ0) is 15.1. The van der Waals surface area contributed by atoms with Crippen molar-refractivity contribution in [1.82, 2.24) is 5.32 Å². The predicted octanol–water partition coefficient (Wildman–Crippen LogP) is 3.53. The van der Waals surface area contributed by atoms with Gasteiger partial charge in [0.25, 0.3) is 5.69 Å². The first-order valence-electron chi connectivity index (χ1n) is 7.16. The Bertz CT molecular complexity index is 567. The lowest BCUT2D eigenvalue weighted by Crippen LogP contribution is -2.22. The second kappa shape index (κ2) is 7.55. The van der Waals surface area contributed by atoms with Gasteiger partial charge in [-0.05, 0) is 30.0 Å². The van der Waals surface area contributed by atoms with Crippen molar-refractivity contribution in [3.05, 3.63) is 75.8 Å². The van der Waals surface area contributed by atoms with Crippen LogP contribution in [0.15, 0.2) is 54.6 Å². The molecule has 0 aromatic heterocycles. The van der Waals surface area contributed by atoms with Gasteiger partial charge in [-0.2, -0.15) is 0 Å². The summed E-state index contributed by atoms with van der Waals surface area (Å²) in [6, 6.07) is 17.2. The summed E-state index contributed by atoms with van der Waals surface area (Å²) in [6.45, 7) is 4.00. The number of nitrogens with zero attached hydrogens (tertiary/aromatic N) is 1. The van der Waals surface area contributed by atoms with E-state index in [1.165, 1.54) is 5.56 Å². The van der Waals surface area contributed by atoms with E-state index >= 15 is 0 Å². The highest BCUT2D eigenvalue weighted by atomic mass is 16.6. The highest BCUT2D eigenvalue weighted by Crippen LogP contribution is 2.14. The van der Waals surface area contributed by atoms with Crippen LogP contribution in [0.3, 0.4) is 0 Å². The number of rotatable bonds is 7. The van der Waals surface area contributed by atoms with Crippen LogP contribution in [0.25, 0.3) is 0 Å². The molecule has 21 heavy (non-hydrogen) atoms. The van der Waals surface area contributed by atoms with Crippen molar-refractivity contribution in [2.75, 3.05) is 13.1 Å². The second-order valence-electron chi connectivity index (χ2n) is 5.19. The fourth-order valence-corrected chi connectivity index (χ4v) is 2.24. The Labute approximate surface area is 125 Å². The van der Waals surface area contributed by atoms with Gasteiger partial charge in [0.1, 0.15) is 0 Å². The van der Waals surface area contributed by atoms with Gasteiger partial charge in [-0.3, -0.25) is 10.1 Å². The molecule has 2 rings (SSSR count). The predicted molar refractivity (Wildman–Crippen MR) is 84.5 cm³/mol. The van der Waals surface area contributed by atoms with Crippen LogP contribution in [0.5, 0.6) is 0 Å². The molecule has 0 saturated carbocycles. The monoisotopic (exact) mass is 284 g/mol. The normalized spacial score (nSPS) is 12.0. The summed E-state index contributed by atoms with van der Waals surface area (Å²) in [5, 5.41) is 14.0. The largest absolute Gasteiger partial charge is 0.316 e. The van der Waals surface area contributed by atoms with Crippen molar-refractivity contribution in [3.63, 3.8) is 0 Å². The summed E-state index contributed by atoms with van der Waals surface area (Å²) in [5.41, 5.74) is 2.59. The molecule has 4 heteroatoms. The molecule has 1 unspecified atom stereocenters. The molecule has 0 fully saturated rings. The number of nitrogens with one attached hydrogen (secondary N) is 1. The highest BCUT2D eigenvalue weighted by molar-refractivity contribution is 5.32. The molecule has 0 saturated heterocycles. The summed E-state index contributed by atoms with van der Waals surface area (Å²) in [7, 11) is 0. The molecule has 1 N–H and O–H groups in total.